The predicted octanol–water partition coefficient (Wildman–Crippen LogP) is 3.69. The standard InChI is InChI=1S/C18H27NO2/c1-5-15-6-7-19(17(10-15)18(20)21)11-16-13(3)8-12(2)9-14(16)4/h8-9,15,17H,5-7,10-11H2,1-4H3,(H,20,21). The van der Waals surface area contributed by atoms with Crippen LogP contribution in [0.3, 0.4) is 0 Å². The van der Waals surface area contributed by atoms with E-state index in [1.807, 2.05) is 0 Å². The van der Waals surface area contributed by atoms with Crippen molar-refractivity contribution < 1.29 is 9.90 Å². The van der Waals surface area contributed by atoms with Crippen molar-refractivity contribution in [1.82, 2.24) is 4.90 Å². The molecule has 1 fully saturated rings. The summed E-state index contributed by atoms with van der Waals surface area (Å²) in [5.41, 5.74) is 5.11. The summed E-state index contributed by atoms with van der Waals surface area (Å²) < 4.78 is 0. The van der Waals surface area contributed by atoms with Gasteiger partial charge in [0.15, 0.2) is 0 Å². The van der Waals surface area contributed by atoms with Crippen LogP contribution in [0, 0.1) is 26.7 Å². The first-order valence-corrected chi connectivity index (χ1v) is 7.96. The molecule has 0 bridgehead atoms. The molecule has 0 aromatic heterocycles. The van der Waals surface area contributed by atoms with Crippen LogP contribution in [0.5, 0.6) is 0 Å². The van der Waals surface area contributed by atoms with Gasteiger partial charge in [0.2, 0.25) is 0 Å². The monoisotopic (exact) mass is 289 g/mol. The zero-order chi connectivity index (χ0) is 15.6. The molecule has 1 aromatic rings. The summed E-state index contributed by atoms with van der Waals surface area (Å²) >= 11 is 0. The smallest absolute Gasteiger partial charge is 0.320 e. The molecule has 1 N–H and O–H groups in total. The average Bonchev–Trinajstić information content (AvgIpc) is 2.42. The van der Waals surface area contributed by atoms with Gasteiger partial charge >= 0.3 is 5.97 Å². The van der Waals surface area contributed by atoms with Crippen LogP contribution in [0.2, 0.25) is 0 Å². The van der Waals surface area contributed by atoms with Crippen LogP contribution in [0.4, 0.5) is 0 Å². The van der Waals surface area contributed by atoms with E-state index in [9.17, 15) is 9.90 Å². The first-order valence-electron chi connectivity index (χ1n) is 7.96. The lowest BCUT2D eigenvalue weighted by Gasteiger charge is -2.37. The van der Waals surface area contributed by atoms with E-state index in [1.54, 1.807) is 0 Å². The van der Waals surface area contributed by atoms with Gasteiger partial charge in [-0.1, -0.05) is 31.0 Å². The fraction of sp³-hybridized carbons (Fsp3) is 0.611. The van der Waals surface area contributed by atoms with Gasteiger partial charge in [-0.25, -0.2) is 0 Å². The zero-order valence-electron chi connectivity index (χ0n) is 13.6. The van der Waals surface area contributed by atoms with Crippen molar-refractivity contribution in [2.24, 2.45) is 5.92 Å². The zero-order valence-corrected chi connectivity index (χ0v) is 13.6. The number of carboxylic acid groups (broad SMARTS) is 1. The highest BCUT2D eigenvalue weighted by molar-refractivity contribution is 5.73. The molecule has 0 radical (unpaired) electrons. The van der Waals surface area contributed by atoms with Crippen LogP contribution in [0.25, 0.3) is 0 Å². The van der Waals surface area contributed by atoms with E-state index in [-0.39, 0.29) is 6.04 Å². The summed E-state index contributed by atoms with van der Waals surface area (Å²) in [6, 6.07) is 4.05. The Morgan fingerprint density at radius 1 is 1.29 bits per heavy atom. The van der Waals surface area contributed by atoms with Crippen LogP contribution >= 0.6 is 0 Å². The van der Waals surface area contributed by atoms with Crippen LogP contribution in [-0.4, -0.2) is 28.6 Å². The SMILES string of the molecule is CCC1CCN(Cc2c(C)cc(C)cc2C)C(C(=O)O)C1. The molecule has 1 aliphatic heterocycles. The van der Waals surface area contributed by atoms with Crippen LogP contribution in [0.1, 0.15) is 48.4 Å². The topological polar surface area (TPSA) is 40.5 Å². The summed E-state index contributed by atoms with van der Waals surface area (Å²) in [6.45, 7) is 10.2. The van der Waals surface area contributed by atoms with Crippen molar-refractivity contribution >= 4 is 5.97 Å². The molecule has 1 aliphatic rings. The van der Waals surface area contributed by atoms with Crippen molar-refractivity contribution in [1.29, 1.82) is 0 Å². The maximum atomic E-state index is 11.6. The molecule has 0 spiro atoms. The van der Waals surface area contributed by atoms with E-state index in [4.69, 9.17) is 0 Å². The third kappa shape index (κ3) is 3.65. The molecule has 116 valence electrons. The minimum atomic E-state index is -0.671. The number of benzene rings is 1. The average molecular weight is 289 g/mol. The van der Waals surface area contributed by atoms with Crippen LogP contribution in [0.15, 0.2) is 12.1 Å². The van der Waals surface area contributed by atoms with Gasteiger partial charge in [-0.2, -0.15) is 0 Å². The molecular formula is C18H27NO2. The Morgan fingerprint density at radius 3 is 2.43 bits per heavy atom. The van der Waals surface area contributed by atoms with E-state index in [0.29, 0.717) is 5.92 Å². The van der Waals surface area contributed by atoms with Gasteiger partial charge in [0.25, 0.3) is 0 Å². The first-order chi connectivity index (χ1) is 9.92. The Kier molecular flexibility index (Phi) is 5.04. The highest BCUT2D eigenvalue weighted by Gasteiger charge is 2.32. The maximum Gasteiger partial charge on any atom is 0.320 e. The van der Waals surface area contributed by atoms with Gasteiger partial charge in [0.05, 0.1) is 0 Å². The minimum absolute atomic E-state index is 0.330. The Morgan fingerprint density at radius 2 is 1.90 bits per heavy atom. The number of carbonyl (C=O) groups is 1. The summed E-state index contributed by atoms with van der Waals surface area (Å²) in [5.74, 6) is -0.113. The number of piperidine rings is 1. The minimum Gasteiger partial charge on any atom is -0.480 e. The molecule has 2 unspecified atom stereocenters. The number of hydrogen-bond acceptors (Lipinski definition) is 2. The van der Waals surface area contributed by atoms with E-state index in [0.717, 1.165) is 32.4 Å². The second-order valence-electron chi connectivity index (χ2n) is 6.50. The van der Waals surface area contributed by atoms with Crippen molar-refractivity contribution in [2.45, 2.75) is 59.5 Å². The molecule has 21 heavy (non-hydrogen) atoms. The van der Waals surface area contributed by atoms with Gasteiger partial charge in [-0.05, 0) is 62.8 Å². The van der Waals surface area contributed by atoms with E-state index < -0.39 is 5.97 Å². The molecule has 3 heteroatoms. The second-order valence-corrected chi connectivity index (χ2v) is 6.50. The number of rotatable bonds is 4. The molecule has 0 saturated carbocycles. The largest absolute Gasteiger partial charge is 0.480 e. The highest BCUT2D eigenvalue weighted by Crippen LogP contribution is 2.28. The number of aryl methyl sites for hydroxylation is 3. The van der Waals surface area contributed by atoms with Gasteiger partial charge in [-0.3, -0.25) is 9.69 Å². The van der Waals surface area contributed by atoms with Crippen molar-refractivity contribution in [2.75, 3.05) is 6.54 Å². The Bertz CT molecular complexity index is 501. The number of hydrogen-bond donors (Lipinski definition) is 1. The van der Waals surface area contributed by atoms with Gasteiger partial charge in [0, 0.05) is 6.54 Å². The first kappa shape index (κ1) is 16.0. The van der Waals surface area contributed by atoms with Gasteiger partial charge < -0.3 is 5.11 Å². The number of nitrogens with zero attached hydrogens (tertiary/aromatic N) is 1. The maximum absolute atomic E-state index is 11.6. The molecule has 0 aliphatic carbocycles. The lowest BCUT2D eigenvalue weighted by atomic mass is 9.88. The second kappa shape index (κ2) is 6.61. The lowest BCUT2D eigenvalue weighted by Crippen LogP contribution is -2.46. The Labute approximate surface area is 128 Å². The summed E-state index contributed by atoms with van der Waals surface area (Å²) in [5, 5.41) is 9.54. The molecule has 1 aromatic carbocycles. The van der Waals surface area contributed by atoms with Crippen molar-refractivity contribution in [3.05, 3.63) is 34.4 Å². The highest BCUT2D eigenvalue weighted by atomic mass is 16.4. The predicted molar refractivity (Wildman–Crippen MR) is 85.5 cm³/mol. The quantitative estimate of drug-likeness (QED) is 0.919. The number of likely N-dealkylation sites (tertiary alicyclic amines) is 1. The number of aliphatic carboxylic acids is 1. The van der Waals surface area contributed by atoms with Crippen LogP contribution < -0.4 is 0 Å². The molecular weight excluding hydrogens is 262 g/mol. The molecule has 1 heterocycles. The van der Waals surface area contributed by atoms with Gasteiger partial charge in [0.1, 0.15) is 6.04 Å². The number of carboxylic acids is 1. The molecule has 2 rings (SSSR count). The fourth-order valence-corrected chi connectivity index (χ4v) is 3.57. The Hall–Kier alpha value is -1.35. The fourth-order valence-electron chi connectivity index (χ4n) is 3.57. The van der Waals surface area contributed by atoms with Crippen molar-refractivity contribution in [3.63, 3.8) is 0 Å². The molecule has 0 amide bonds. The summed E-state index contributed by atoms with van der Waals surface area (Å²) in [7, 11) is 0. The molecule has 2 atom stereocenters. The Balaban J connectivity index is 2.20. The van der Waals surface area contributed by atoms with E-state index >= 15 is 0 Å². The van der Waals surface area contributed by atoms with Crippen molar-refractivity contribution in [3.8, 4) is 0 Å². The summed E-state index contributed by atoms with van der Waals surface area (Å²) in [6.07, 6.45) is 2.99. The molecule has 3 nitrogen and oxygen atoms in total. The van der Waals surface area contributed by atoms with Gasteiger partial charge in [-0.15, -0.1) is 0 Å². The third-order valence-corrected chi connectivity index (χ3v) is 4.89. The van der Waals surface area contributed by atoms with E-state index in [1.165, 1.54) is 22.3 Å². The van der Waals surface area contributed by atoms with E-state index in [2.05, 4.69) is 44.7 Å². The normalized spacial score (nSPS) is 23.2. The van der Waals surface area contributed by atoms with Crippen LogP contribution in [-0.2, 0) is 11.3 Å². The molecule has 1 saturated heterocycles. The lowest BCUT2D eigenvalue weighted by molar-refractivity contribution is -0.145. The third-order valence-electron chi connectivity index (χ3n) is 4.89. The summed E-state index contributed by atoms with van der Waals surface area (Å²) in [4.78, 5) is 13.8.